The van der Waals surface area contributed by atoms with Crippen molar-refractivity contribution in [1.29, 1.82) is 0 Å². The highest BCUT2D eigenvalue weighted by Crippen LogP contribution is 2.20. The minimum atomic E-state index is -0.244. The summed E-state index contributed by atoms with van der Waals surface area (Å²) in [6.07, 6.45) is 2.22. The van der Waals surface area contributed by atoms with E-state index in [2.05, 4.69) is 22.4 Å². The summed E-state index contributed by atoms with van der Waals surface area (Å²) in [6.45, 7) is 3.58. The molecule has 0 radical (unpaired) electrons. The summed E-state index contributed by atoms with van der Waals surface area (Å²) in [5.74, 6) is 0.930. The van der Waals surface area contributed by atoms with Gasteiger partial charge in [-0.05, 0) is 13.3 Å². The first-order valence-corrected chi connectivity index (χ1v) is 4.60. The molecule has 0 bridgehead atoms. The molecule has 0 unspecified atom stereocenters. The monoisotopic (exact) mass is 182 g/mol. The highest BCUT2D eigenvalue weighted by Gasteiger charge is 2.26. The minimum Gasteiger partial charge on any atom is -0.392 e. The van der Waals surface area contributed by atoms with Crippen LogP contribution < -0.4 is 5.32 Å². The van der Waals surface area contributed by atoms with Crippen molar-refractivity contribution >= 4 is 0 Å². The third kappa shape index (κ3) is 1.57. The third-order valence-electron chi connectivity index (χ3n) is 2.41. The van der Waals surface area contributed by atoms with Crippen LogP contribution in [0.25, 0.3) is 0 Å². The largest absolute Gasteiger partial charge is 0.392 e. The Morgan fingerprint density at radius 2 is 2.62 bits per heavy atom. The Kier molecular flexibility index (Phi) is 2.28. The number of nitrogens with zero attached hydrogens (tertiary/aromatic N) is 3. The molecule has 2 atom stereocenters. The van der Waals surface area contributed by atoms with E-state index in [-0.39, 0.29) is 12.1 Å². The molecular formula is C8H14N4O. The first kappa shape index (κ1) is 8.65. The van der Waals surface area contributed by atoms with Crippen molar-refractivity contribution in [3.8, 4) is 0 Å². The molecule has 2 rings (SSSR count). The Labute approximate surface area is 76.8 Å². The molecule has 2 heterocycles. The average molecular weight is 182 g/mol. The summed E-state index contributed by atoms with van der Waals surface area (Å²) in [5, 5.41) is 20.4. The van der Waals surface area contributed by atoms with Crippen LogP contribution >= 0.6 is 0 Å². The standard InChI is InChI=1S/C8H14N4O/c1-2-12-5-10-11-8(12)7-3-6(13)4-9-7/h5-7,9,13H,2-4H2,1H3/t6-,7-/m1/s1. The molecule has 0 spiro atoms. The molecule has 1 aromatic heterocycles. The van der Waals surface area contributed by atoms with Gasteiger partial charge in [0.2, 0.25) is 0 Å². The molecule has 5 heteroatoms. The van der Waals surface area contributed by atoms with Crippen LogP contribution in [0.15, 0.2) is 6.33 Å². The number of hydrogen-bond acceptors (Lipinski definition) is 4. The molecule has 1 fully saturated rings. The zero-order chi connectivity index (χ0) is 9.26. The van der Waals surface area contributed by atoms with Gasteiger partial charge in [-0.15, -0.1) is 10.2 Å². The van der Waals surface area contributed by atoms with E-state index in [0.717, 1.165) is 18.8 Å². The fraction of sp³-hybridized carbons (Fsp3) is 0.750. The van der Waals surface area contributed by atoms with Crippen LogP contribution in [0.5, 0.6) is 0 Å². The van der Waals surface area contributed by atoms with Crippen molar-refractivity contribution in [1.82, 2.24) is 20.1 Å². The zero-order valence-corrected chi connectivity index (χ0v) is 7.64. The topological polar surface area (TPSA) is 63.0 Å². The van der Waals surface area contributed by atoms with Gasteiger partial charge >= 0.3 is 0 Å². The van der Waals surface area contributed by atoms with Crippen LogP contribution in [0.3, 0.4) is 0 Å². The fourth-order valence-corrected chi connectivity index (χ4v) is 1.69. The summed E-state index contributed by atoms with van der Waals surface area (Å²) in [4.78, 5) is 0. The molecule has 2 N–H and O–H groups in total. The average Bonchev–Trinajstić information content (AvgIpc) is 2.71. The van der Waals surface area contributed by atoms with Crippen molar-refractivity contribution in [3.05, 3.63) is 12.2 Å². The minimum absolute atomic E-state index is 0.164. The van der Waals surface area contributed by atoms with Gasteiger partial charge in [0.15, 0.2) is 0 Å². The Balaban J connectivity index is 2.16. The highest BCUT2D eigenvalue weighted by atomic mass is 16.3. The first-order valence-electron chi connectivity index (χ1n) is 4.60. The molecule has 1 aliphatic heterocycles. The van der Waals surface area contributed by atoms with Gasteiger partial charge in [0.1, 0.15) is 12.2 Å². The molecular weight excluding hydrogens is 168 g/mol. The van der Waals surface area contributed by atoms with Gasteiger partial charge in [-0.1, -0.05) is 0 Å². The van der Waals surface area contributed by atoms with Crippen molar-refractivity contribution in [2.24, 2.45) is 0 Å². The highest BCUT2D eigenvalue weighted by molar-refractivity contribution is 4.99. The smallest absolute Gasteiger partial charge is 0.150 e. The molecule has 1 saturated heterocycles. The van der Waals surface area contributed by atoms with Gasteiger partial charge in [-0.2, -0.15) is 0 Å². The van der Waals surface area contributed by atoms with Gasteiger partial charge in [0, 0.05) is 13.1 Å². The van der Waals surface area contributed by atoms with Crippen LogP contribution in [0.1, 0.15) is 25.2 Å². The van der Waals surface area contributed by atoms with Gasteiger partial charge in [-0.25, -0.2) is 0 Å². The number of hydrogen-bond donors (Lipinski definition) is 2. The van der Waals surface area contributed by atoms with E-state index in [9.17, 15) is 5.11 Å². The Morgan fingerprint density at radius 1 is 1.77 bits per heavy atom. The van der Waals surface area contributed by atoms with Crippen LogP contribution in [-0.4, -0.2) is 32.5 Å². The van der Waals surface area contributed by atoms with Gasteiger partial charge in [0.05, 0.1) is 12.1 Å². The van der Waals surface area contributed by atoms with Gasteiger partial charge < -0.3 is 15.0 Å². The number of aliphatic hydroxyl groups excluding tert-OH is 1. The predicted molar refractivity (Wildman–Crippen MR) is 47.1 cm³/mol. The molecule has 0 aliphatic carbocycles. The summed E-state index contributed by atoms with van der Waals surface area (Å²) in [6, 6.07) is 0.164. The normalized spacial score (nSPS) is 28.2. The van der Waals surface area contributed by atoms with Crippen LogP contribution in [-0.2, 0) is 6.54 Å². The van der Waals surface area contributed by atoms with Crippen LogP contribution in [0, 0.1) is 0 Å². The van der Waals surface area contributed by atoms with E-state index in [1.54, 1.807) is 6.33 Å². The zero-order valence-electron chi connectivity index (χ0n) is 7.64. The van der Waals surface area contributed by atoms with E-state index in [4.69, 9.17) is 0 Å². The maximum atomic E-state index is 9.34. The third-order valence-corrected chi connectivity index (χ3v) is 2.41. The fourth-order valence-electron chi connectivity index (χ4n) is 1.69. The maximum absolute atomic E-state index is 9.34. The molecule has 1 aromatic rings. The number of rotatable bonds is 2. The van der Waals surface area contributed by atoms with Crippen LogP contribution in [0.4, 0.5) is 0 Å². The number of aromatic nitrogens is 3. The lowest BCUT2D eigenvalue weighted by molar-refractivity contribution is 0.192. The molecule has 0 amide bonds. The Morgan fingerprint density at radius 3 is 3.23 bits per heavy atom. The second kappa shape index (κ2) is 3.43. The van der Waals surface area contributed by atoms with Gasteiger partial charge in [-0.3, -0.25) is 0 Å². The van der Waals surface area contributed by atoms with E-state index in [0.29, 0.717) is 6.54 Å². The maximum Gasteiger partial charge on any atom is 0.150 e. The van der Waals surface area contributed by atoms with Crippen molar-refractivity contribution in [3.63, 3.8) is 0 Å². The van der Waals surface area contributed by atoms with Crippen LogP contribution in [0.2, 0.25) is 0 Å². The van der Waals surface area contributed by atoms with Crippen molar-refractivity contribution in [2.75, 3.05) is 6.54 Å². The molecule has 0 aromatic carbocycles. The quantitative estimate of drug-likeness (QED) is 0.658. The molecule has 5 nitrogen and oxygen atoms in total. The van der Waals surface area contributed by atoms with Gasteiger partial charge in [0.25, 0.3) is 0 Å². The van der Waals surface area contributed by atoms with Crippen molar-refractivity contribution in [2.45, 2.75) is 32.0 Å². The summed E-state index contributed by atoms with van der Waals surface area (Å²) in [7, 11) is 0. The van der Waals surface area contributed by atoms with E-state index in [1.165, 1.54) is 0 Å². The summed E-state index contributed by atoms with van der Waals surface area (Å²) < 4.78 is 2.00. The Hall–Kier alpha value is -0.940. The van der Waals surface area contributed by atoms with E-state index < -0.39 is 0 Å². The number of aliphatic hydroxyl groups is 1. The lowest BCUT2D eigenvalue weighted by atomic mass is 10.2. The summed E-state index contributed by atoms with van der Waals surface area (Å²) >= 11 is 0. The molecule has 1 aliphatic rings. The van der Waals surface area contributed by atoms with E-state index >= 15 is 0 Å². The lowest BCUT2D eigenvalue weighted by Gasteiger charge is -2.09. The molecule has 72 valence electrons. The second-order valence-corrected chi connectivity index (χ2v) is 3.33. The van der Waals surface area contributed by atoms with Crippen molar-refractivity contribution < 1.29 is 5.11 Å². The first-order chi connectivity index (χ1) is 6.31. The Bertz CT molecular complexity index is 285. The SMILES string of the molecule is CCn1cnnc1[C@H]1C[C@@H](O)CN1. The molecule has 0 saturated carbocycles. The molecule has 13 heavy (non-hydrogen) atoms. The van der Waals surface area contributed by atoms with E-state index in [1.807, 2.05) is 4.57 Å². The second-order valence-electron chi connectivity index (χ2n) is 3.33. The number of aryl methyl sites for hydroxylation is 1. The lowest BCUT2D eigenvalue weighted by Crippen LogP contribution is -2.18. The number of nitrogens with one attached hydrogen (secondary N) is 1. The summed E-state index contributed by atoms with van der Waals surface area (Å²) in [5.41, 5.74) is 0. The number of β-amino-alcohol motifs (C(OH)–C–C–N with tert-alkyl or cyclic N) is 1. The predicted octanol–water partition coefficient (Wildman–Crippen LogP) is -0.307.